The number of rotatable bonds is 0. The van der Waals surface area contributed by atoms with E-state index in [2.05, 4.69) is 72.8 Å². The van der Waals surface area contributed by atoms with Crippen LogP contribution in [0.25, 0.3) is 66.0 Å². The van der Waals surface area contributed by atoms with Gasteiger partial charge in [0, 0.05) is 0 Å². The minimum atomic E-state index is 1.34. The molecule has 0 bridgehead atoms. The van der Waals surface area contributed by atoms with Crippen molar-refractivity contribution >= 4 is 66.0 Å². The molecule has 6 aromatic rings. The van der Waals surface area contributed by atoms with Crippen LogP contribution in [0.2, 0.25) is 0 Å². The normalized spacial score (nSPS) is 13.7. The van der Waals surface area contributed by atoms with Crippen molar-refractivity contribution in [3.63, 3.8) is 0 Å². The number of hydrogen-bond donors (Lipinski definition) is 0. The van der Waals surface area contributed by atoms with Gasteiger partial charge in [0.2, 0.25) is 0 Å². The molecule has 1 aliphatic rings. The molecule has 0 heterocycles. The van der Waals surface area contributed by atoms with Gasteiger partial charge in [0.25, 0.3) is 0 Å². The number of benzene rings is 6. The maximum absolute atomic E-state index is 2.36. The molecule has 0 heteroatoms. The van der Waals surface area contributed by atoms with Gasteiger partial charge in [-0.3, -0.25) is 0 Å². The highest BCUT2D eigenvalue weighted by atomic mass is 14.2. The van der Waals surface area contributed by atoms with Crippen LogP contribution >= 0.6 is 0 Å². The Labute approximate surface area is 138 Å². The van der Waals surface area contributed by atoms with Crippen molar-refractivity contribution in [2.24, 2.45) is 0 Å². The third-order valence-corrected chi connectivity index (χ3v) is 5.88. The zero-order valence-electron chi connectivity index (χ0n) is 12.9. The number of hydrogen-bond acceptors (Lipinski definition) is 0. The zero-order valence-corrected chi connectivity index (χ0v) is 12.9. The Bertz CT molecular complexity index is 1480. The predicted octanol–water partition coefficient (Wildman–Crippen LogP) is 6.81. The second-order valence-electron chi connectivity index (χ2n) is 6.98. The molecule has 108 valence electrons. The molecule has 0 N–H and O–H groups in total. The Balaban J connectivity index is 2.03. The summed E-state index contributed by atoms with van der Waals surface area (Å²) in [6.45, 7) is 0. The third-order valence-electron chi connectivity index (χ3n) is 5.88. The molecule has 0 nitrogen and oxygen atoms in total. The van der Waals surface area contributed by atoms with Gasteiger partial charge in [0.1, 0.15) is 0 Å². The van der Waals surface area contributed by atoms with Gasteiger partial charge in [-0.2, -0.15) is 0 Å². The van der Waals surface area contributed by atoms with Crippen molar-refractivity contribution in [2.75, 3.05) is 0 Å². The van der Waals surface area contributed by atoms with E-state index in [0.717, 1.165) is 0 Å². The maximum atomic E-state index is 2.36. The minimum Gasteiger partial charge on any atom is -0.0610 e. The summed E-state index contributed by atoms with van der Waals surface area (Å²) in [4.78, 5) is 0. The first-order valence-corrected chi connectivity index (χ1v) is 8.46. The van der Waals surface area contributed by atoms with Gasteiger partial charge >= 0.3 is 0 Å². The molecule has 0 saturated heterocycles. The van der Waals surface area contributed by atoms with Crippen molar-refractivity contribution in [3.8, 4) is 0 Å². The Morgan fingerprint density at radius 2 is 1.17 bits per heavy atom. The third kappa shape index (κ3) is 1.08. The molecule has 0 fully saturated rings. The van der Waals surface area contributed by atoms with E-state index in [-0.39, 0.29) is 0 Å². The summed E-state index contributed by atoms with van der Waals surface area (Å²) in [6.07, 6.45) is 4.58. The first kappa shape index (κ1) is 11.4. The molecule has 0 unspecified atom stereocenters. The van der Waals surface area contributed by atoms with Gasteiger partial charge in [0.05, 0.1) is 0 Å². The average Bonchev–Trinajstić information content (AvgIpc) is 3.06. The van der Waals surface area contributed by atoms with Gasteiger partial charge in [-0.05, 0) is 71.1 Å². The molecule has 6 aromatic carbocycles. The fraction of sp³-hybridized carbons (Fsp3) is 0. The van der Waals surface area contributed by atoms with E-state index in [1.54, 1.807) is 0 Å². The predicted molar refractivity (Wildman–Crippen MR) is 105 cm³/mol. The Morgan fingerprint density at radius 3 is 2.17 bits per heavy atom. The Kier molecular flexibility index (Phi) is 1.67. The zero-order chi connectivity index (χ0) is 15.4. The largest absolute Gasteiger partial charge is 0.0610 e. The second-order valence-corrected chi connectivity index (χ2v) is 6.98. The van der Waals surface area contributed by atoms with Crippen LogP contribution in [-0.4, -0.2) is 0 Å². The lowest BCUT2D eigenvalue weighted by molar-refractivity contribution is 1.77. The minimum absolute atomic E-state index is 1.34. The van der Waals surface area contributed by atoms with Crippen molar-refractivity contribution in [3.05, 3.63) is 71.8 Å². The lowest BCUT2D eigenvalue weighted by atomic mass is 9.84. The number of fused-ring (bicyclic) bond motifs is 1. The smallest absolute Gasteiger partial charge is 0.000807 e. The van der Waals surface area contributed by atoms with Crippen LogP contribution in [0, 0.1) is 0 Å². The van der Waals surface area contributed by atoms with Crippen LogP contribution in [-0.2, 0) is 0 Å². The van der Waals surface area contributed by atoms with Crippen LogP contribution in [0.5, 0.6) is 0 Å². The fourth-order valence-corrected chi connectivity index (χ4v) is 4.93. The van der Waals surface area contributed by atoms with E-state index in [9.17, 15) is 0 Å². The molecular formula is C24H12. The van der Waals surface area contributed by atoms with Crippen LogP contribution in [0.4, 0.5) is 0 Å². The molecule has 7 rings (SSSR count). The van der Waals surface area contributed by atoms with Crippen molar-refractivity contribution < 1.29 is 0 Å². The highest BCUT2D eigenvalue weighted by Gasteiger charge is 2.21. The van der Waals surface area contributed by atoms with Gasteiger partial charge in [-0.15, -0.1) is 0 Å². The van der Waals surface area contributed by atoms with Crippen molar-refractivity contribution in [2.45, 2.75) is 0 Å². The van der Waals surface area contributed by atoms with Gasteiger partial charge in [0.15, 0.2) is 0 Å². The standard InChI is InChI=1S/C24H12/c1-2-13-8-11-19-18-10-9-14-4-5-15-6-7-17-12-16(3-1)20(13)24(19)23(17)22(15)21(14)18/h1-12H. The van der Waals surface area contributed by atoms with Gasteiger partial charge in [-0.25, -0.2) is 0 Å². The van der Waals surface area contributed by atoms with Gasteiger partial charge < -0.3 is 0 Å². The van der Waals surface area contributed by atoms with Crippen molar-refractivity contribution in [1.29, 1.82) is 0 Å². The van der Waals surface area contributed by atoms with Crippen LogP contribution in [0.3, 0.4) is 0 Å². The Hall–Kier alpha value is -3.12. The molecule has 0 atom stereocenters. The molecule has 0 amide bonds. The molecule has 0 saturated carbocycles. The van der Waals surface area contributed by atoms with Crippen LogP contribution < -0.4 is 0 Å². The molecule has 24 heavy (non-hydrogen) atoms. The van der Waals surface area contributed by atoms with E-state index in [4.69, 9.17) is 0 Å². The summed E-state index contributed by atoms with van der Waals surface area (Å²) in [5, 5.41) is 14.0. The lowest BCUT2D eigenvalue weighted by Crippen LogP contribution is -1.91. The maximum Gasteiger partial charge on any atom is -0.000807 e. The SMILES string of the molecule is C1=Cc2c3ccc4cccc5cc6ccc7ccc1c2c7c6c3c45. The average molecular weight is 300 g/mol. The first-order chi connectivity index (χ1) is 11.9. The lowest BCUT2D eigenvalue weighted by Gasteiger charge is -2.18. The molecule has 1 aliphatic carbocycles. The summed E-state index contributed by atoms with van der Waals surface area (Å²) in [6, 6.07) is 22.7. The highest BCUT2D eigenvalue weighted by Crippen LogP contribution is 2.48. The topological polar surface area (TPSA) is 0 Å². The van der Waals surface area contributed by atoms with Gasteiger partial charge in [-0.1, -0.05) is 66.7 Å². The molecule has 0 radical (unpaired) electrons. The summed E-state index contributed by atoms with van der Waals surface area (Å²) in [5.74, 6) is 0. The Morgan fingerprint density at radius 1 is 0.458 bits per heavy atom. The summed E-state index contributed by atoms with van der Waals surface area (Å²) in [5.41, 5.74) is 2.75. The van der Waals surface area contributed by atoms with E-state index in [1.165, 1.54) is 65.0 Å². The summed E-state index contributed by atoms with van der Waals surface area (Å²) >= 11 is 0. The monoisotopic (exact) mass is 300 g/mol. The molecule has 0 aliphatic heterocycles. The molecule has 0 aromatic heterocycles. The highest BCUT2D eigenvalue weighted by molar-refractivity contribution is 6.39. The quantitative estimate of drug-likeness (QED) is 0.213. The first-order valence-electron chi connectivity index (χ1n) is 8.46. The molecule has 0 spiro atoms. The van der Waals surface area contributed by atoms with Crippen molar-refractivity contribution in [1.82, 2.24) is 0 Å². The fourth-order valence-electron chi connectivity index (χ4n) is 4.93. The molecular weight excluding hydrogens is 288 g/mol. The van der Waals surface area contributed by atoms with E-state index >= 15 is 0 Å². The second kappa shape index (κ2) is 3.52. The summed E-state index contributed by atoms with van der Waals surface area (Å²) < 4.78 is 0. The van der Waals surface area contributed by atoms with E-state index in [1.807, 2.05) is 0 Å². The van der Waals surface area contributed by atoms with E-state index < -0.39 is 0 Å². The van der Waals surface area contributed by atoms with E-state index in [0.29, 0.717) is 0 Å². The van der Waals surface area contributed by atoms with Crippen LogP contribution in [0.1, 0.15) is 11.1 Å². The summed E-state index contributed by atoms with van der Waals surface area (Å²) in [7, 11) is 0. The van der Waals surface area contributed by atoms with Crippen LogP contribution in [0.15, 0.2) is 60.7 Å².